The molecule has 1 fully saturated rings. The molecule has 0 unspecified atom stereocenters. The van der Waals surface area contributed by atoms with Crippen molar-refractivity contribution in [1.29, 1.82) is 0 Å². The molecule has 76 valence electrons. The molecule has 0 aromatic heterocycles. The highest BCUT2D eigenvalue weighted by Gasteiger charge is 2.18. The van der Waals surface area contributed by atoms with Gasteiger partial charge in [0.2, 0.25) is 0 Å². The van der Waals surface area contributed by atoms with Gasteiger partial charge in [-0.15, -0.1) is 0 Å². The molecule has 0 radical (unpaired) electrons. The summed E-state index contributed by atoms with van der Waals surface area (Å²) in [6, 6.07) is 0. The van der Waals surface area contributed by atoms with E-state index in [1.54, 1.807) is 0 Å². The molecule has 0 aromatic carbocycles. The molecule has 0 spiro atoms. The van der Waals surface area contributed by atoms with Crippen LogP contribution in [0.5, 0.6) is 0 Å². The highest BCUT2D eigenvalue weighted by atomic mass is 16.5. The van der Waals surface area contributed by atoms with Crippen LogP contribution in [0.3, 0.4) is 0 Å². The minimum Gasteiger partial charge on any atom is -0.374 e. The Labute approximate surface area is 81.1 Å². The van der Waals surface area contributed by atoms with Crippen LogP contribution >= 0.6 is 0 Å². The number of rotatable bonds is 4. The molecule has 0 atom stereocenters. The zero-order valence-electron chi connectivity index (χ0n) is 8.59. The van der Waals surface area contributed by atoms with Gasteiger partial charge in [0.15, 0.2) is 0 Å². The summed E-state index contributed by atoms with van der Waals surface area (Å²) in [5, 5.41) is 0. The van der Waals surface area contributed by atoms with Crippen LogP contribution in [0.1, 0.15) is 32.6 Å². The molecule has 2 N–H and O–H groups in total. The normalized spacial score (nSPS) is 28.8. The Morgan fingerprint density at radius 2 is 2.00 bits per heavy atom. The third-order valence-electron chi connectivity index (χ3n) is 2.77. The van der Waals surface area contributed by atoms with E-state index in [9.17, 15) is 0 Å². The Morgan fingerprint density at radius 3 is 2.54 bits per heavy atom. The molecule has 1 aliphatic carbocycles. The largest absolute Gasteiger partial charge is 0.374 e. The minimum absolute atomic E-state index is 0.458. The van der Waals surface area contributed by atoms with Crippen LogP contribution in [0, 0.1) is 5.92 Å². The standard InChI is InChI=1S/C11H21NO/c1-9-3-5-11(6-4-9)13-8-10(2)7-12/h9,11H,2-8,12H2,1H3. The minimum atomic E-state index is 0.458. The Balaban J connectivity index is 2.12. The van der Waals surface area contributed by atoms with E-state index in [0.717, 1.165) is 11.5 Å². The molecule has 1 saturated carbocycles. The topological polar surface area (TPSA) is 35.2 Å². The fraction of sp³-hybridized carbons (Fsp3) is 0.818. The van der Waals surface area contributed by atoms with Gasteiger partial charge in [-0.25, -0.2) is 0 Å². The van der Waals surface area contributed by atoms with Gasteiger partial charge >= 0.3 is 0 Å². The van der Waals surface area contributed by atoms with Crippen LogP contribution in [0.25, 0.3) is 0 Å². The summed E-state index contributed by atoms with van der Waals surface area (Å²) in [4.78, 5) is 0. The second-order valence-electron chi connectivity index (χ2n) is 4.15. The van der Waals surface area contributed by atoms with E-state index < -0.39 is 0 Å². The summed E-state index contributed by atoms with van der Waals surface area (Å²) >= 11 is 0. The maximum atomic E-state index is 5.70. The molecule has 13 heavy (non-hydrogen) atoms. The van der Waals surface area contributed by atoms with Gasteiger partial charge in [-0.3, -0.25) is 0 Å². The lowest BCUT2D eigenvalue weighted by molar-refractivity contribution is 0.0329. The van der Waals surface area contributed by atoms with E-state index in [2.05, 4.69) is 13.5 Å². The Hall–Kier alpha value is -0.340. The fourth-order valence-electron chi connectivity index (χ4n) is 1.69. The molecule has 0 amide bonds. The number of ether oxygens (including phenoxy) is 1. The van der Waals surface area contributed by atoms with Crippen molar-refractivity contribution in [1.82, 2.24) is 0 Å². The van der Waals surface area contributed by atoms with Crippen LogP contribution < -0.4 is 5.73 Å². The summed E-state index contributed by atoms with van der Waals surface area (Å²) in [5.41, 5.74) is 6.43. The molecule has 2 heteroatoms. The maximum Gasteiger partial charge on any atom is 0.0690 e. The molecule has 0 aliphatic heterocycles. The molecule has 1 aliphatic rings. The van der Waals surface area contributed by atoms with Crippen LogP contribution in [-0.4, -0.2) is 19.3 Å². The molecule has 2 nitrogen and oxygen atoms in total. The van der Waals surface area contributed by atoms with Crippen molar-refractivity contribution in [2.75, 3.05) is 13.2 Å². The number of nitrogens with two attached hydrogens (primary N) is 1. The van der Waals surface area contributed by atoms with Crippen LogP contribution in [-0.2, 0) is 4.74 Å². The predicted octanol–water partition coefficient (Wildman–Crippen LogP) is 2.10. The van der Waals surface area contributed by atoms with E-state index in [0.29, 0.717) is 19.3 Å². The van der Waals surface area contributed by atoms with Gasteiger partial charge < -0.3 is 10.5 Å². The summed E-state index contributed by atoms with van der Waals surface area (Å²) in [6.45, 7) is 7.33. The first kappa shape index (κ1) is 10.7. The zero-order chi connectivity index (χ0) is 9.68. The first-order valence-electron chi connectivity index (χ1n) is 5.20. The van der Waals surface area contributed by atoms with Crippen molar-refractivity contribution in [3.05, 3.63) is 12.2 Å². The van der Waals surface area contributed by atoms with Gasteiger partial charge in [0.1, 0.15) is 0 Å². The van der Waals surface area contributed by atoms with E-state index in [1.165, 1.54) is 25.7 Å². The highest BCUT2D eigenvalue weighted by molar-refractivity contribution is 4.95. The molecular weight excluding hydrogens is 162 g/mol. The molecule has 0 bridgehead atoms. The van der Waals surface area contributed by atoms with E-state index >= 15 is 0 Å². The van der Waals surface area contributed by atoms with Crippen LogP contribution in [0.4, 0.5) is 0 Å². The Kier molecular flexibility index (Phi) is 4.46. The SMILES string of the molecule is C=C(CN)COC1CCC(C)CC1. The molecular formula is C11H21NO. The van der Waals surface area contributed by atoms with Gasteiger partial charge in [0.05, 0.1) is 12.7 Å². The third-order valence-corrected chi connectivity index (χ3v) is 2.77. The first-order chi connectivity index (χ1) is 6.22. The Morgan fingerprint density at radius 1 is 1.38 bits per heavy atom. The lowest BCUT2D eigenvalue weighted by Gasteiger charge is -2.26. The smallest absolute Gasteiger partial charge is 0.0690 e. The number of hydrogen-bond donors (Lipinski definition) is 1. The van der Waals surface area contributed by atoms with Crippen molar-refractivity contribution < 1.29 is 4.74 Å². The van der Waals surface area contributed by atoms with E-state index in [1.807, 2.05) is 0 Å². The zero-order valence-corrected chi connectivity index (χ0v) is 8.59. The van der Waals surface area contributed by atoms with Crippen molar-refractivity contribution in [2.45, 2.75) is 38.7 Å². The number of hydrogen-bond acceptors (Lipinski definition) is 2. The van der Waals surface area contributed by atoms with E-state index in [-0.39, 0.29) is 0 Å². The Bertz CT molecular complexity index is 159. The third kappa shape index (κ3) is 3.92. The average molecular weight is 183 g/mol. The van der Waals surface area contributed by atoms with Gasteiger partial charge in [-0.1, -0.05) is 13.5 Å². The summed E-state index contributed by atoms with van der Waals surface area (Å²) in [7, 11) is 0. The highest BCUT2D eigenvalue weighted by Crippen LogP contribution is 2.25. The van der Waals surface area contributed by atoms with Gasteiger partial charge in [-0.2, -0.15) is 0 Å². The maximum absolute atomic E-state index is 5.70. The first-order valence-corrected chi connectivity index (χ1v) is 5.20. The average Bonchev–Trinajstić information content (AvgIpc) is 2.16. The monoisotopic (exact) mass is 183 g/mol. The molecule has 0 heterocycles. The van der Waals surface area contributed by atoms with Crippen molar-refractivity contribution in [3.63, 3.8) is 0 Å². The molecule has 0 saturated heterocycles. The van der Waals surface area contributed by atoms with Gasteiger partial charge in [-0.05, 0) is 37.2 Å². The second kappa shape index (κ2) is 5.40. The fourth-order valence-corrected chi connectivity index (χ4v) is 1.69. The summed E-state index contributed by atoms with van der Waals surface area (Å²) in [5.74, 6) is 0.887. The lowest BCUT2D eigenvalue weighted by Crippen LogP contribution is -2.22. The quantitative estimate of drug-likeness (QED) is 0.677. The summed E-state index contributed by atoms with van der Waals surface area (Å²) in [6.07, 6.45) is 5.48. The van der Waals surface area contributed by atoms with Crippen molar-refractivity contribution >= 4 is 0 Å². The second-order valence-corrected chi connectivity index (χ2v) is 4.15. The van der Waals surface area contributed by atoms with Crippen molar-refractivity contribution in [2.24, 2.45) is 11.7 Å². The van der Waals surface area contributed by atoms with Crippen LogP contribution in [0.2, 0.25) is 0 Å². The molecule has 0 aromatic rings. The molecule has 1 rings (SSSR count). The lowest BCUT2D eigenvalue weighted by atomic mass is 9.89. The van der Waals surface area contributed by atoms with Crippen molar-refractivity contribution in [3.8, 4) is 0 Å². The van der Waals surface area contributed by atoms with Crippen LogP contribution in [0.15, 0.2) is 12.2 Å². The van der Waals surface area contributed by atoms with Gasteiger partial charge in [0.25, 0.3) is 0 Å². The van der Waals surface area contributed by atoms with Gasteiger partial charge in [0, 0.05) is 6.54 Å². The summed E-state index contributed by atoms with van der Waals surface area (Å²) < 4.78 is 5.70. The predicted molar refractivity (Wildman–Crippen MR) is 55.6 cm³/mol. The van der Waals surface area contributed by atoms with E-state index in [4.69, 9.17) is 10.5 Å².